The van der Waals surface area contributed by atoms with Crippen LogP contribution in [0.15, 0.2) is 24.3 Å². The number of carbonyl (C=O) groups excluding carboxylic acids is 2. The van der Waals surface area contributed by atoms with Crippen LogP contribution < -0.4 is 10.6 Å². The number of benzene rings is 1. The Morgan fingerprint density at radius 3 is 2.38 bits per heavy atom. The Balaban J connectivity index is 1.80. The topological polar surface area (TPSA) is 70.7 Å². The fourth-order valence-corrected chi connectivity index (χ4v) is 2.79. The maximum Gasteiger partial charge on any atom is 0.238 e. The standard InChI is InChI=1S/C18H27N3O3/c1-3-21(12-17-6-4-5-11-24-17)13-18(23)20-16-9-7-15(8-10-16)19-14(2)22/h7-10,17H,3-6,11-13H2,1-2H3,(H,19,22)(H,20,23)/t17-/m1/s1. The predicted octanol–water partition coefficient (Wildman–Crippen LogP) is 2.47. The monoisotopic (exact) mass is 333 g/mol. The van der Waals surface area contributed by atoms with Gasteiger partial charge in [-0.15, -0.1) is 0 Å². The van der Waals surface area contributed by atoms with Crippen LogP contribution in [-0.4, -0.2) is 49.1 Å². The van der Waals surface area contributed by atoms with Gasteiger partial charge in [0.2, 0.25) is 11.8 Å². The molecule has 6 nitrogen and oxygen atoms in total. The molecule has 1 aromatic rings. The molecule has 0 spiro atoms. The summed E-state index contributed by atoms with van der Waals surface area (Å²) in [5.41, 5.74) is 1.43. The first-order valence-corrected chi connectivity index (χ1v) is 8.58. The van der Waals surface area contributed by atoms with Crippen LogP contribution in [0.2, 0.25) is 0 Å². The second-order valence-electron chi connectivity index (χ2n) is 6.12. The molecule has 1 aliphatic rings. The molecule has 6 heteroatoms. The van der Waals surface area contributed by atoms with Gasteiger partial charge in [0, 0.05) is 31.5 Å². The summed E-state index contributed by atoms with van der Waals surface area (Å²) in [5, 5.41) is 5.59. The van der Waals surface area contributed by atoms with E-state index in [1.807, 2.05) is 0 Å². The van der Waals surface area contributed by atoms with E-state index in [2.05, 4.69) is 22.5 Å². The SMILES string of the molecule is CCN(CC(=O)Nc1ccc(NC(C)=O)cc1)C[C@H]1CCCCO1. The van der Waals surface area contributed by atoms with Gasteiger partial charge in [0.15, 0.2) is 0 Å². The zero-order valence-corrected chi connectivity index (χ0v) is 14.5. The van der Waals surface area contributed by atoms with E-state index in [1.165, 1.54) is 13.3 Å². The molecule has 2 rings (SSSR count). The van der Waals surface area contributed by atoms with Crippen molar-refractivity contribution < 1.29 is 14.3 Å². The smallest absolute Gasteiger partial charge is 0.238 e. The van der Waals surface area contributed by atoms with Crippen molar-refractivity contribution in [1.29, 1.82) is 0 Å². The fraction of sp³-hybridized carbons (Fsp3) is 0.556. The van der Waals surface area contributed by atoms with E-state index in [4.69, 9.17) is 4.74 Å². The number of hydrogen-bond acceptors (Lipinski definition) is 4. The quantitative estimate of drug-likeness (QED) is 0.804. The lowest BCUT2D eigenvalue weighted by Gasteiger charge is -2.28. The molecule has 2 amide bonds. The van der Waals surface area contributed by atoms with Crippen molar-refractivity contribution in [1.82, 2.24) is 4.90 Å². The average Bonchev–Trinajstić information content (AvgIpc) is 2.56. The summed E-state index contributed by atoms with van der Waals surface area (Å²) in [7, 11) is 0. The van der Waals surface area contributed by atoms with Crippen molar-refractivity contribution in [2.45, 2.75) is 39.2 Å². The Morgan fingerprint density at radius 1 is 1.17 bits per heavy atom. The number of carbonyl (C=O) groups is 2. The zero-order valence-electron chi connectivity index (χ0n) is 14.5. The molecule has 0 aliphatic carbocycles. The van der Waals surface area contributed by atoms with Gasteiger partial charge in [-0.1, -0.05) is 6.92 Å². The highest BCUT2D eigenvalue weighted by molar-refractivity contribution is 5.93. The number of likely N-dealkylation sites (N-methyl/N-ethyl adjacent to an activating group) is 1. The van der Waals surface area contributed by atoms with Crippen molar-refractivity contribution in [3.05, 3.63) is 24.3 Å². The fourth-order valence-electron chi connectivity index (χ4n) is 2.79. The Morgan fingerprint density at radius 2 is 1.83 bits per heavy atom. The van der Waals surface area contributed by atoms with Crippen molar-refractivity contribution in [2.75, 3.05) is 36.9 Å². The number of nitrogens with zero attached hydrogens (tertiary/aromatic N) is 1. The Labute approximate surface area is 143 Å². The van der Waals surface area contributed by atoms with Crippen LogP contribution in [-0.2, 0) is 14.3 Å². The third-order valence-electron chi connectivity index (χ3n) is 4.04. The molecule has 0 unspecified atom stereocenters. The van der Waals surface area contributed by atoms with Crippen LogP contribution in [0.5, 0.6) is 0 Å². The number of anilines is 2. The highest BCUT2D eigenvalue weighted by atomic mass is 16.5. The summed E-state index contributed by atoms with van der Waals surface area (Å²) < 4.78 is 5.75. The van der Waals surface area contributed by atoms with Gasteiger partial charge in [0.25, 0.3) is 0 Å². The van der Waals surface area contributed by atoms with Crippen molar-refractivity contribution in [2.24, 2.45) is 0 Å². The number of ether oxygens (including phenoxy) is 1. The third kappa shape index (κ3) is 6.29. The molecule has 1 saturated heterocycles. The van der Waals surface area contributed by atoms with Gasteiger partial charge in [0.05, 0.1) is 12.6 Å². The largest absolute Gasteiger partial charge is 0.377 e. The molecule has 0 radical (unpaired) electrons. The van der Waals surface area contributed by atoms with Gasteiger partial charge < -0.3 is 15.4 Å². The van der Waals surface area contributed by atoms with Gasteiger partial charge in [-0.25, -0.2) is 0 Å². The second-order valence-corrected chi connectivity index (χ2v) is 6.12. The molecule has 24 heavy (non-hydrogen) atoms. The molecule has 0 saturated carbocycles. The highest BCUT2D eigenvalue weighted by Crippen LogP contribution is 2.15. The molecule has 2 N–H and O–H groups in total. The Bertz CT molecular complexity index is 539. The maximum atomic E-state index is 12.2. The van der Waals surface area contributed by atoms with Crippen molar-refractivity contribution >= 4 is 23.2 Å². The molecule has 132 valence electrons. The van der Waals surface area contributed by atoms with E-state index in [0.717, 1.165) is 38.2 Å². The summed E-state index contributed by atoms with van der Waals surface area (Å²) in [4.78, 5) is 25.3. The molecular formula is C18H27N3O3. The first-order chi connectivity index (χ1) is 11.6. The lowest BCUT2D eigenvalue weighted by Crippen LogP contribution is -2.40. The van der Waals surface area contributed by atoms with Crippen LogP contribution in [0.1, 0.15) is 33.1 Å². The van der Waals surface area contributed by atoms with Crippen LogP contribution in [0.3, 0.4) is 0 Å². The van der Waals surface area contributed by atoms with E-state index in [9.17, 15) is 9.59 Å². The number of hydrogen-bond donors (Lipinski definition) is 2. The first kappa shape index (κ1) is 18.4. The summed E-state index contributed by atoms with van der Waals surface area (Å²) in [6.45, 7) is 6.31. The van der Waals surface area contributed by atoms with Crippen molar-refractivity contribution in [3.63, 3.8) is 0 Å². The summed E-state index contributed by atoms with van der Waals surface area (Å²) >= 11 is 0. The van der Waals surface area contributed by atoms with Gasteiger partial charge in [0.1, 0.15) is 0 Å². The van der Waals surface area contributed by atoms with Crippen LogP contribution >= 0.6 is 0 Å². The predicted molar refractivity (Wildman–Crippen MR) is 95.1 cm³/mol. The first-order valence-electron chi connectivity index (χ1n) is 8.58. The van der Waals surface area contributed by atoms with Gasteiger partial charge in [-0.05, 0) is 50.1 Å². The van der Waals surface area contributed by atoms with Crippen LogP contribution in [0.25, 0.3) is 0 Å². The van der Waals surface area contributed by atoms with Gasteiger partial charge >= 0.3 is 0 Å². The van der Waals surface area contributed by atoms with Crippen molar-refractivity contribution in [3.8, 4) is 0 Å². The van der Waals surface area contributed by atoms with Gasteiger partial charge in [-0.2, -0.15) is 0 Å². The summed E-state index contributed by atoms with van der Waals surface area (Å²) in [5.74, 6) is -0.157. The lowest BCUT2D eigenvalue weighted by molar-refractivity contribution is -0.118. The normalized spacial score (nSPS) is 17.5. The molecule has 1 fully saturated rings. The molecule has 1 heterocycles. The second kappa shape index (κ2) is 9.39. The van der Waals surface area contributed by atoms with E-state index in [0.29, 0.717) is 12.2 Å². The minimum Gasteiger partial charge on any atom is -0.377 e. The molecule has 1 aromatic carbocycles. The van der Waals surface area contributed by atoms with Gasteiger partial charge in [-0.3, -0.25) is 14.5 Å². The Kier molecular flexibility index (Phi) is 7.21. The zero-order chi connectivity index (χ0) is 17.4. The maximum absolute atomic E-state index is 12.2. The molecular weight excluding hydrogens is 306 g/mol. The van der Waals surface area contributed by atoms with E-state index in [1.54, 1.807) is 24.3 Å². The average molecular weight is 333 g/mol. The highest BCUT2D eigenvalue weighted by Gasteiger charge is 2.18. The molecule has 0 bridgehead atoms. The minimum absolute atomic E-state index is 0.0417. The summed E-state index contributed by atoms with van der Waals surface area (Å²) in [6, 6.07) is 7.10. The molecule has 0 aromatic heterocycles. The number of nitrogens with one attached hydrogen (secondary N) is 2. The van der Waals surface area contributed by atoms with E-state index in [-0.39, 0.29) is 17.9 Å². The van der Waals surface area contributed by atoms with Crippen LogP contribution in [0, 0.1) is 0 Å². The number of amides is 2. The van der Waals surface area contributed by atoms with Crippen LogP contribution in [0.4, 0.5) is 11.4 Å². The number of rotatable bonds is 7. The summed E-state index contributed by atoms with van der Waals surface area (Å²) in [6.07, 6.45) is 3.65. The molecule has 1 atom stereocenters. The Hall–Kier alpha value is -1.92. The minimum atomic E-state index is -0.115. The van der Waals surface area contributed by atoms with E-state index < -0.39 is 0 Å². The van der Waals surface area contributed by atoms with E-state index >= 15 is 0 Å². The third-order valence-corrected chi connectivity index (χ3v) is 4.04. The lowest BCUT2D eigenvalue weighted by atomic mass is 10.1. The molecule has 1 aliphatic heterocycles.